The molecule has 0 radical (unpaired) electrons. The molecule has 3 aliphatic rings. The zero-order chi connectivity index (χ0) is 18.1. The molecule has 2 nitrogen and oxygen atoms in total. The SMILES string of the molecule is C[Si]1(C)c2c(C3=C(OCCO)C=CC3)cc3c(c21)[CH]([Zr+2])c1ccccc1-3.[Cl-].[Cl-]. The van der Waals surface area contributed by atoms with E-state index in [-0.39, 0.29) is 31.4 Å². The topological polar surface area (TPSA) is 29.5 Å². The molecule has 0 saturated heterocycles. The zero-order valence-corrected chi connectivity index (χ0v) is 20.8. The second-order valence-corrected chi connectivity index (χ2v) is 13.5. The summed E-state index contributed by atoms with van der Waals surface area (Å²) < 4.78 is 6.43. The molecule has 2 aliphatic carbocycles. The normalized spacial score (nSPS) is 19.4. The van der Waals surface area contributed by atoms with Gasteiger partial charge in [-0.25, -0.2) is 0 Å². The van der Waals surface area contributed by atoms with E-state index < -0.39 is 8.07 Å². The van der Waals surface area contributed by atoms with Crippen molar-refractivity contribution in [1.82, 2.24) is 0 Å². The standard InChI is InChI=1S/C22H21O2Si.2ClH.Zr/c1-25(2)21-18-12-14-6-3-4-7-15(14)17(18)13-19(22(21)25)16-8-5-9-20(16)24-11-10-23;;;/h3-7,9,12-13,23H,8,10-11H2,1-2H3;2*1H;/q;;;+2/p-2. The monoisotopic (exact) mass is 505 g/mol. The number of hydrogen-bond donors (Lipinski definition) is 1. The first-order valence-electron chi connectivity index (χ1n) is 9.21. The van der Waals surface area contributed by atoms with E-state index in [0.717, 1.165) is 12.2 Å². The molecule has 0 spiro atoms. The van der Waals surface area contributed by atoms with Crippen LogP contribution in [0.5, 0.6) is 0 Å². The van der Waals surface area contributed by atoms with Crippen LogP contribution < -0.4 is 35.2 Å². The first kappa shape index (κ1) is 22.1. The molecule has 1 aliphatic heterocycles. The van der Waals surface area contributed by atoms with Gasteiger partial charge in [-0.05, 0) is 0 Å². The molecule has 28 heavy (non-hydrogen) atoms. The molecular formula is C22H21Cl2O2SiZr. The summed E-state index contributed by atoms with van der Waals surface area (Å²) in [5, 5.41) is 12.5. The van der Waals surface area contributed by atoms with Crippen LogP contribution >= 0.6 is 0 Å². The Morgan fingerprint density at radius 3 is 2.61 bits per heavy atom. The van der Waals surface area contributed by atoms with Crippen molar-refractivity contribution in [3.63, 3.8) is 0 Å². The number of aliphatic hydroxyl groups is 1. The molecule has 5 rings (SSSR count). The van der Waals surface area contributed by atoms with Gasteiger partial charge < -0.3 is 24.8 Å². The molecule has 0 saturated carbocycles. The zero-order valence-electron chi connectivity index (χ0n) is 15.9. The molecule has 1 unspecified atom stereocenters. The Balaban J connectivity index is 0.00000112. The third-order valence-electron chi connectivity index (χ3n) is 5.97. The van der Waals surface area contributed by atoms with Gasteiger partial charge in [0.2, 0.25) is 0 Å². The van der Waals surface area contributed by atoms with Crippen LogP contribution in [0, 0.1) is 0 Å². The molecule has 0 bridgehead atoms. The fourth-order valence-electron chi connectivity index (χ4n) is 4.77. The molecule has 0 amide bonds. The van der Waals surface area contributed by atoms with Crippen LogP contribution in [-0.2, 0) is 29.5 Å². The number of benzene rings is 2. The summed E-state index contributed by atoms with van der Waals surface area (Å²) in [4.78, 5) is 0. The summed E-state index contributed by atoms with van der Waals surface area (Å²) in [5.74, 6) is 0.948. The largest absolute Gasteiger partial charge is 1.00 e. The minimum atomic E-state index is -1.46. The molecule has 2 aromatic rings. The Labute approximate surface area is 194 Å². The average molecular weight is 508 g/mol. The summed E-state index contributed by atoms with van der Waals surface area (Å²) in [6.07, 6.45) is 5.18. The summed E-state index contributed by atoms with van der Waals surface area (Å²) >= 11 is 1.59. The predicted octanol–water partition coefficient (Wildman–Crippen LogP) is -2.87. The van der Waals surface area contributed by atoms with E-state index in [1.165, 1.54) is 27.8 Å². The molecule has 6 heteroatoms. The van der Waals surface area contributed by atoms with Crippen molar-refractivity contribution in [3.8, 4) is 11.1 Å². The predicted molar refractivity (Wildman–Crippen MR) is 104 cm³/mol. The maximum atomic E-state index is 9.13. The van der Waals surface area contributed by atoms with Crippen LogP contribution in [0.15, 0.2) is 48.2 Å². The minimum Gasteiger partial charge on any atom is -1.00 e. The molecule has 1 heterocycles. The van der Waals surface area contributed by atoms with Crippen LogP contribution in [-0.4, -0.2) is 26.4 Å². The molecule has 1 N–H and O–H groups in total. The van der Waals surface area contributed by atoms with Gasteiger partial charge in [0.05, 0.1) is 0 Å². The minimum absolute atomic E-state index is 0. The molecule has 1 atom stereocenters. The van der Waals surface area contributed by atoms with Crippen molar-refractivity contribution in [2.24, 2.45) is 0 Å². The van der Waals surface area contributed by atoms with Crippen molar-refractivity contribution in [2.75, 3.05) is 13.2 Å². The number of hydrogen-bond acceptors (Lipinski definition) is 2. The third-order valence-corrected chi connectivity index (χ3v) is 10.7. The van der Waals surface area contributed by atoms with Crippen molar-refractivity contribution in [3.05, 3.63) is 64.9 Å². The Morgan fingerprint density at radius 2 is 1.86 bits per heavy atom. The van der Waals surface area contributed by atoms with Crippen molar-refractivity contribution in [1.29, 1.82) is 0 Å². The number of aliphatic hydroxyl groups excluding tert-OH is 1. The van der Waals surface area contributed by atoms with Gasteiger partial charge in [0.1, 0.15) is 0 Å². The van der Waals surface area contributed by atoms with Crippen LogP contribution in [0.4, 0.5) is 0 Å². The third kappa shape index (κ3) is 3.04. The van der Waals surface area contributed by atoms with Gasteiger partial charge in [-0.3, -0.25) is 0 Å². The van der Waals surface area contributed by atoms with E-state index in [0.29, 0.717) is 10.2 Å². The summed E-state index contributed by atoms with van der Waals surface area (Å²) in [7, 11) is -1.46. The van der Waals surface area contributed by atoms with Crippen molar-refractivity contribution >= 4 is 24.0 Å². The Morgan fingerprint density at radius 1 is 1.11 bits per heavy atom. The van der Waals surface area contributed by atoms with E-state index in [4.69, 9.17) is 9.84 Å². The quantitative estimate of drug-likeness (QED) is 0.451. The van der Waals surface area contributed by atoms with Gasteiger partial charge in [-0.2, -0.15) is 0 Å². The number of ether oxygens (including phenoxy) is 1. The first-order valence-corrected chi connectivity index (χ1v) is 13.6. The van der Waals surface area contributed by atoms with Crippen LogP contribution in [0.25, 0.3) is 16.7 Å². The Kier molecular flexibility index (Phi) is 6.21. The molecule has 0 fully saturated rings. The number of allylic oxidation sites excluding steroid dienone is 3. The fourth-order valence-corrected chi connectivity index (χ4v) is 10.3. The number of fused-ring (bicyclic) bond motifs is 5. The van der Waals surface area contributed by atoms with Crippen LogP contribution in [0.1, 0.15) is 26.7 Å². The average Bonchev–Trinajstić information content (AvgIpc) is 2.98. The molecule has 143 valence electrons. The Bertz CT molecular complexity index is 1010. The summed E-state index contributed by atoms with van der Waals surface area (Å²) in [6, 6.07) is 11.4. The van der Waals surface area contributed by atoms with E-state index >= 15 is 0 Å². The van der Waals surface area contributed by atoms with Gasteiger partial charge in [-0.15, -0.1) is 0 Å². The van der Waals surface area contributed by atoms with Crippen LogP contribution in [0.3, 0.4) is 0 Å². The second-order valence-electron chi connectivity index (χ2n) is 7.80. The molecule has 0 aromatic heterocycles. The van der Waals surface area contributed by atoms with E-state index in [2.05, 4.69) is 55.6 Å². The van der Waals surface area contributed by atoms with E-state index in [9.17, 15) is 0 Å². The fraction of sp³-hybridized carbons (Fsp3) is 0.273. The Hall–Kier alpha value is -0.640. The maximum Gasteiger partial charge on any atom is -1.00 e. The smallest absolute Gasteiger partial charge is 1.00 e. The molecule has 2 aromatic carbocycles. The van der Waals surface area contributed by atoms with Gasteiger partial charge in [-0.1, -0.05) is 0 Å². The molecular weight excluding hydrogens is 486 g/mol. The van der Waals surface area contributed by atoms with E-state index in [1.54, 1.807) is 40.7 Å². The van der Waals surface area contributed by atoms with Gasteiger partial charge in [0.25, 0.3) is 0 Å². The van der Waals surface area contributed by atoms with E-state index in [1.807, 2.05) is 0 Å². The summed E-state index contributed by atoms with van der Waals surface area (Å²) in [6.45, 7) is 5.40. The van der Waals surface area contributed by atoms with Gasteiger partial charge >= 0.3 is 171 Å². The number of rotatable bonds is 4. The van der Waals surface area contributed by atoms with Gasteiger partial charge in [0, 0.05) is 0 Å². The van der Waals surface area contributed by atoms with Gasteiger partial charge in [0.15, 0.2) is 0 Å². The number of halogens is 2. The van der Waals surface area contributed by atoms with Crippen molar-refractivity contribution < 1.29 is 59.4 Å². The maximum absolute atomic E-state index is 9.13. The first-order chi connectivity index (χ1) is 12.6. The summed E-state index contributed by atoms with van der Waals surface area (Å²) in [5.41, 5.74) is 8.73. The van der Waals surface area contributed by atoms with Crippen molar-refractivity contribution in [2.45, 2.75) is 23.1 Å². The van der Waals surface area contributed by atoms with Crippen LogP contribution in [0.2, 0.25) is 13.1 Å². The second kappa shape index (κ2) is 7.89.